The van der Waals surface area contributed by atoms with Gasteiger partial charge in [0.25, 0.3) is 0 Å². The molecule has 1 fully saturated rings. The van der Waals surface area contributed by atoms with Gasteiger partial charge in [-0.2, -0.15) is 0 Å². The summed E-state index contributed by atoms with van der Waals surface area (Å²) in [5.74, 6) is -3.14. The fraction of sp³-hybridized carbons (Fsp3) is 0.625. The molecule has 0 aromatic rings. The van der Waals surface area contributed by atoms with Crippen LogP contribution in [-0.2, 0) is 23.8 Å². The number of carboxylic acid groups (broad SMARTS) is 1. The lowest BCUT2D eigenvalue weighted by molar-refractivity contribution is -0.340. The van der Waals surface area contributed by atoms with Gasteiger partial charge in [-0.3, -0.25) is 0 Å². The third kappa shape index (κ3) is 3.95. The summed E-state index contributed by atoms with van der Waals surface area (Å²) in [5.41, 5.74) is -0.240. The van der Waals surface area contributed by atoms with Crippen LogP contribution < -0.4 is 5.11 Å². The highest BCUT2D eigenvalue weighted by Crippen LogP contribution is 2.35. The summed E-state index contributed by atoms with van der Waals surface area (Å²) in [5, 5.41) is 50.0. The molecule has 2 aliphatic rings. The number of carbonyl (C=O) groups is 2. The van der Waals surface area contributed by atoms with Crippen LogP contribution in [0.25, 0.3) is 0 Å². The smallest absolute Gasteiger partial charge is 0.208 e. The lowest BCUT2D eigenvalue weighted by atomic mass is 9.82. The predicted octanol–water partition coefficient (Wildman–Crippen LogP) is -3.20. The van der Waals surface area contributed by atoms with Gasteiger partial charge in [0.1, 0.15) is 30.7 Å². The maximum absolute atomic E-state index is 11.2. The van der Waals surface area contributed by atoms with E-state index >= 15 is 0 Å². The molecule has 0 spiro atoms. The van der Waals surface area contributed by atoms with Crippen LogP contribution in [0.2, 0.25) is 0 Å². The average Bonchev–Trinajstić information content (AvgIpc) is 2.62. The molecule has 0 aromatic heterocycles. The third-order valence-electron chi connectivity index (χ3n) is 4.48. The van der Waals surface area contributed by atoms with Crippen LogP contribution in [0.4, 0.5) is 0 Å². The lowest BCUT2D eigenvalue weighted by Gasteiger charge is -2.43. The molecule has 0 bridgehead atoms. The minimum atomic E-state index is -1.65. The Morgan fingerprint density at radius 1 is 1.27 bits per heavy atom. The molecular weight excluding hydrogens is 352 g/mol. The molecule has 10 nitrogen and oxygen atoms in total. The van der Waals surface area contributed by atoms with Crippen LogP contribution in [0.3, 0.4) is 0 Å². The van der Waals surface area contributed by atoms with Crippen LogP contribution in [0.5, 0.6) is 0 Å². The molecule has 2 rings (SSSR count). The number of carboxylic acids is 1. The van der Waals surface area contributed by atoms with Gasteiger partial charge in [0.15, 0.2) is 6.29 Å². The molecule has 2 aliphatic heterocycles. The maximum Gasteiger partial charge on any atom is 0.208 e. The van der Waals surface area contributed by atoms with Gasteiger partial charge in [0.2, 0.25) is 6.29 Å². The number of aliphatic carboxylic acids is 1. The first-order valence-corrected chi connectivity index (χ1v) is 7.94. The zero-order valence-corrected chi connectivity index (χ0v) is 13.7. The molecule has 10 heteroatoms. The number of hydrogen-bond acceptors (Lipinski definition) is 10. The molecule has 8 atom stereocenters. The van der Waals surface area contributed by atoms with E-state index in [9.17, 15) is 35.1 Å². The Bertz CT molecular complexity index is 559. The summed E-state index contributed by atoms with van der Waals surface area (Å²) in [4.78, 5) is 22.1. The Morgan fingerprint density at radius 3 is 2.50 bits per heavy atom. The minimum Gasteiger partial charge on any atom is -0.545 e. The zero-order valence-electron chi connectivity index (χ0n) is 13.7. The molecule has 26 heavy (non-hydrogen) atoms. The Labute approximate surface area is 148 Å². The van der Waals surface area contributed by atoms with Crippen molar-refractivity contribution in [3.8, 4) is 0 Å². The monoisotopic (exact) mass is 373 g/mol. The number of aldehydes is 1. The normalized spacial score (nSPS) is 40.2. The summed E-state index contributed by atoms with van der Waals surface area (Å²) < 4.78 is 15.9. The van der Waals surface area contributed by atoms with E-state index in [1.54, 1.807) is 0 Å². The summed E-state index contributed by atoms with van der Waals surface area (Å²) in [6, 6.07) is 0. The highest BCUT2D eigenvalue weighted by Gasteiger charge is 2.46. The molecule has 0 aromatic carbocycles. The van der Waals surface area contributed by atoms with E-state index in [1.165, 1.54) is 6.08 Å². The van der Waals surface area contributed by atoms with Crippen molar-refractivity contribution in [2.24, 2.45) is 11.8 Å². The van der Waals surface area contributed by atoms with Crippen molar-refractivity contribution in [1.82, 2.24) is 0 Å². The number of aliphatic hydroxyl groups excluding tert-OH is 4. The van der Waals surface area contributed by atoms with Gasteiger partial charge in [-0.15, -0.1) is 6.58 Å². The van der Waals surface area contributed by atoms with Gasteiger partial charge in [-0.05, 0) is 0 Å². The summed E-state index contributed by atoms with van der Waals surface area (Å²) in [7, 11) is 0. The van der Waals surface area contributed by atoms with E-state index in [2.05, 4.69) is 6.58 Å². The Balaban J connectivity index is 2.20. The zero-order chi connectivity index (χ0) is 19.4. The maximum atomic E-state index is 11.2. The summed E-state index contributed by atoms with van der Waals surface area (Å²) in [6.45, 7) is 2.95. The number of hydrogen-bond donors (Lipinski definition) is 4. The van der Waals surface area contributed by atoms with E-state index in [0.29, 0.717) is 6.29 Å². The van der Waals surface area contributed by atoms with E-state index in [1.807, 2.05) is 0 Å². The first-order valence-electron chi connectivity index (χ1n) is 7.94. The molecular formula is C16H21O10-. The highest BCUT2D eigenvalue weighted by atomic mass is 16.8. The topological polar surface area (TPSA) is 166 Å². The van der Waals surface area contributed by atoms with Crippen LogP contribution in [-0.4, -0.2) is 76.3 Å². The van der Waals surface area contributed by atoms with Gasteiger partial charge in [0, 0.05) is 23.8 Å². The van der Waals surface area contributed by atoms with E-state index in [-0.39, 0.29) is 12.0 Å². The van der Waals surface area contributed by atoms with E-state index in [4.69, 9.17) is 14.2 Å². The lowest BCUT2D eigenvalue weighted by Crippen LogP contribution is -2.60. The molecule has 0 radical (unpaired) electrons. The molecule has 1 saturated heterocycles. The summed E-state index contributed by atoms with van der Waals surface area (Å²) in [6.07, 6.45) is -6.10. The largest absolute Gasteiger partial charge is 0.545 e. The fourth-order valence-corrected chi connectivity index (χ4v) is 3.01. The molecule has 146 valence electrons. The molecule has 0 amide bonds. The second-order valence-electron chi connectivity index (χ2n) is 6.02. The minimum absolute atomic E-state index is 0.158. The number of rotatable bonds is 7. The van der Waals surface area contributed by atoms with Crippen molar-refractivity contribution in [2.45, 2.75) is 43.4 Å². The molecule has 0 saturated carbocycles. The van der Waals surface area contributed by atoms with Crippen molar-refractivity contribution in [3.05, 3.63) is 24.5 Å². The highest BCUT2D eigenvalue weighted by molar-refractivity contribution is 5.85. The first-order chi connectivity index (χ1) is 12.3. The standard InChI is InChI=1S/C16H22O10/c1-2-7-8(3-4-17)9(14(22)23)6-24-15(7)26-16-13(21)12(20)11(19)10(5-18)25-16/h2,4,6-8,10-13,15-16,18-21H,1,3,5H2,(H,22,23)/p-1/t7-,8+,10-,11-,12+,13-,15+,16+/m1/s1. The van der Waals surface area contributed by atoms with Gasteiger partial charge in [-0.1, -0.05) is 6.08 Å². The van der Waals surface area contributed by atoms with Crippen LogP contribution in [0.1, 0.15) is 6.42 Å². The number of aliphatic hydroxyl groups is 4. The van der Waals surface area contributed by atoms with Gasteiger partial charge in [0.05, 0.1) is 18.8 Å². The quantitative estimate of drug-likeness (QED) is 0.264. The fourth-order valence-electron chi connectivity index (χ4n) is 3.01. The van der Waals surface area contributed by atoms with Crippen molar-refractivity contribution in [2.75, 3.05) is 6.61 Å². The average molecular weight is 373 g/mol. The van der Waals surface area contributed by atoms with Crippen molar-refractivity contribution in [3.63, 3.8) is 0 Å². The third-order valence-corrected chi connectivity index (χ3v) is 4.48. The van der Waals surface area contributed by atoms with Crippen LogP contribution >= 0.6 is 0 Å². The Hall–Kier alpha value is -1.82. The van der Waals surface area contributed by atoms with E-state index in [0.717, 1.165) is 6.26 Å². The number of carbonyl (C=O) groups excluding carboxylic acids is 2. The Kier molecular flexibility index (Phi) is 6.87. The van der Waals surface area contributed by atoms with Crippen LogP contribution in [0, 0.1) is 11.8 Å². The molecule has 2 heterocycles. The second kappa shape index (κ2) is 8.71. The van der Waals surface area contributed by atoms with Crippen molar-refractivity contribution in [1.29, 1.82) is 0 Å². The molecule has 0 unspecified atom stereocenters. The van der Waals surface area contributed by atoms with Gasteiger partial charge in [-0.25, -0.2) is 0 Å². The second-order valence-corrected chi connectivity index (χ2v) is 6.02. The van der Waals surface area contributed by atoms with Gasteiger partial charge < -0.3 is 49.3 Å². The van der Waals surface area contributed by atoms with Gasteiger partial charge >= 0.3 is 0 Å². The molecule has 0 aliphatic carbocycles. The van der Waals surface area contributed by atoms with Crippen molar-refractivity contribution >= 4 is 12.3 Å². The van der Waals surface area contributed by atoms with Crippen molar-refractivity contribution < 1.29 is 49.3 Å². The molecule has 4 N–H and O–H groups in total. The van der Waals surface area contributed by atoms with E-state index < -0.39 is 61.4 Å². The van der Waals surface area contributed by atoms with Crippen LogP contribution in [0.15, 0.2) is 24.5 Å². The Morgan fingerprint density at radius 2 is 1.96 bits per heavy atom. The SMILES string of the molecule is C=C[C@H]1[C@H](O[C@@H]2O[C@H](CO)[C@@H](O)[C@H](O)[C@H]2O)OC=C(C(=O)[O-])[C@H]1CC=O. The first kappa shape index (κ1) is 20.5. The number of ether oxygens (including phenoxy) is 3. The predicted molar refractivity (Wildman–Crippen MR) is 80.7 cm³/mol. The summed E-state index contributed by atoms with van der Waals surface area (Å²) >= 11 is 0.